The fraction of sp³-hybridized carbons (Fsp3) is 0.458. The van der Waals surface area contributed by atoms with Crippen LogP contribution in [0, 0.1) is 13.8 Å². The predicted molar refractivity (Wildman–Crippen MR) is 122 cm³/mol. The van der Waals surface area contributed by atoms with E-state index < -0.39 is 0 Å². The van der Waals surface area contributed by atoms with E-state index in [1.54, 1.807) is 0 Å². The van der Waals surface area contributed by atoms with Gasteiger partial charge in [-0.05, 0) is 109 Å². The molecule has 0 amide bonds. The lowest BCUT2D eigenvalue weighted by Crippen LogP contribution is -2.48. The number of hydrogen-bond acceptors (Lipinski definition) is 2. The first kappa shape index (κ1) is 20.1. The Morgan fingerprint density at radius 3 is 2.63 bits per heavy atom. The Hall–Kier alpha value is -1.61. The number of rotatable bonds is 4. The van der Waals surface area contributed by atoms with Crippen LogP contribution in [0.1, 0.15) is 68.7 Å². The largest absolute Gasteiger partial charge is 0.366 e. The standard InChI is InChI=1S/C24H31BrN2/c1-7-10-27-23-12-17(3)19(13-20(23)18(4)14-24(27,5)6)15-26-22-9-8-16(2)11-21(22)25/h8-9,11-13,15,18H,7,10,14H2,1-6H3. The van der Waals surface area contributed by atoms with Crippen LogP contribution in [-0.4, -0.2) is 18.3 Å². The molecule has 1 aliphatic rings. The average molecular weight is 427 g/mol. The minimum absolute atomic E-state index is 0.206. The SMILES string of the molecule is CCCN1c2cc(C)c(C=Nc3ccc(C)cc3Br)cc2C(C)CC1(C)C. The highest BCUT2D eigenvalue weighted by molar-refractivity contribution is 9.10. The molecule has 0 saturated heterocycles. The van der Waals surface area contributed by atoms with Gasteiger partial charge in [0.05, 0.1) is 5.69 Å². The minimum atomic E-state index is 0.206. The average Bonchev–Trinajstić information content (AvgIpc) is 2.58. The normalized spacial score (nSPS) is 18.8. The first-order chi connectivity index (χ1) is 12.7. The zero-order valence-electron chi connectivity index (χ0n) is 17.4. The number of nitrogens with zero attached hydrogens (tertiary/aromatic N) is 2. The summed E-state index contributed by atoms with van der Waals surface area (Å²) >= 11 is 3.63. The second-order valence-electron chi connectivity index (χ2n) is 8.55. The van der Waals surface area contributed by atoms with Crippen LogP contribution in [0.3, 0.4) is 0 Å². The molecule has 0 fully saturated rings. The van der Waals surface area contributed by atoms with Gasteiger partial charge in [0.25, 0.3) is 0 Å². The van der Waals surface area contributed by atoms with Gasteiger partial charge in [0, 0.05) is 28.5 Å². The van der Waals surface area contributed by atoms with Gasteiger partial charge in [-0.3, -0.25) is 4.99 Å². The Morgan fingerprint density at radius 2 is 1.96 bits per heavy atom. The molecule has 1 unspecified atom stereocenters. The zero-order chi connectivity index (χ0) is 19.8. The smallest absolute Gasteiger partial charge is 0.0772 e. The molecule has 0 bridgehead atoms. The molecule has 0 spiro atoms. The highest BCUT2D eigenvalue weighted by Gasteiger charge is 2.36. The molecule has 0 saturated carbocycles. The number of fused-ring (bicyclic) bond motifs is 1. The van der Waals surface area contributed by atoms with Crippen LogP contribution in [0.25, 0.3) is 0 Å². The third kappa shape index (κ3) is 4.13. The Bertz CT molecular complexity index is 867. The van der Waals surface area contributed by atoms with Crippen LogP contribution in [0.4, 0.5) is 11.4 Å². The number of aliphatic imine (C=N–C) groups is 1. The number of aryl methyl sites for hydroxylation is 2. The molecular formula is C24H31BrN2. The van der Waals surface area contributed by atoms with Gasteiger partial charge in [-0.2, -0.15) is 0 Å². The first-order valence-electron chi connectivity index (χ1n) is 9.95. The van der Waals surface area contributed by atoms with Crippen LogP contribution in [0.2, 0.25) is 0 Å². The first-order valence-corrected chi connectivity index (χ1v) is 10.7. The molecule has 0 aromatic heterocycles. The molecule has 2 aromatic rings. The Labute approximate surface area is 172 Å². The van der Waals surface area contributed by atoms with E-state index in [4.69, 9.17) is 4.99 Å². The van der Waals surface area contributed by atoms with Gasteiger partial charge in [0.2, 0.25) is 0 Å². The van der Waals surface area contributed by atoms with Crippen LogP contribution in [-0.2, 0) is 0 Å². The molecule has 3 heteroatoms. The Balaban J connectivity index is 2.00. The molecule has 1 atom stereocenters. The van der Waals surface area contributed by atoms with E-state index in [-0.39, 0.29) is 5.54 Å². The summed E-state index contributed by atoms with van der Waals surface area (Å²) in [6.45, 7) is 14.8. The fourth-order valence-electron chi connectivity index (χ4n) is 4.29. The lowest BCUT2D eigenvalue weighted by Gasteiger charge is -2.48. The van der Waals surface area contributed by atoms with Crippen LogP contribution >= 0.6 is 15.9 Å². The number of hydrogen-bond donors (Lipinski definition) is 0. The zero-order valence-corrected chi connectivity index (χ0v) is 19.0. The maximum atomic E-state index is 4.75. The van der Waals surface area contributed by atoms with Crippen molar-refractivity contribution in [3.8, 4) is 0 Å². The molecule has 144 valence electrons. The Kier molecular flexibility index (Phi) is 5.81. The van der Waals surface area contributed by atoms with Crippen molar-refractivity contribution < 1.29 is 0 Å². The molecule has 1 aliphatic heterocycles. The summed E-state index contributed by atoms with van der Waals surface area (Å²) in [5, 5.41) is 0. The molecule has 2 nitrogen and oxygen atoms in total. The summed E-state index contributed by atoms with van der Waals surface area (Å²) in [7, 11) is 0. The number of benzene rings is 2. The lowest BCUT2D eigenvalue weighted by atomic mass is 9.79. The van der Waals surface area contributed by atoms with Crippen molar-refractivity contribution in [2.24, 2.45) is 4.99 Å². The van der Waals surface area contributed by atoms with Gasteiger partial charge in [-0.25, -0.2) is 0 Å². The van der Waals surface area contributed by atoms with E-state index in [1.165, 1.54) is 40.8 Å². The quantitative estimate of drug-likeness (QED) is 0.467. The van der Waals surface area contributed by atoms with Crippen molar-refractivity contribution in [1.82, 2.24) is 0 Å². The highest BCUT2D eigenvalue weighted by Crippen LogP contribution is 2.44. The van der Waals surface area contributed by atoms with Crippen molar-refractivity contribution in [3.05, 3.63) is 57.1 Å². The summed E-state index contributed by atoms with van der Waals surface area (Å²) in [5.74, 6) is 0.557. The van der Waals surface area contributed by atoms with Crippen molar-refractivity contribution in [3.63, 3.8) is 0 Å². The van der Waals surface area contributed by atoms with E-state index in [0.29, 0.717) is 5.92 Å². The molecule has 3 rings (SSSR count). The van der Waals surface area contributed by atoms with E-state index in [0.717, 1.165) is 16.7 Å². The van der Waals surface area contributed by atoms with Crippen molar-refractivity contribution >= 4 is 33.5 Å². The van der Waals surface area contributed by atoms with Crippen molar-refractivity contribution in [1.29, 1.82) is 0 Å². The van der Waals surface area contributed by atoms with Gasteiger partial charge in [-0.1, -0.05) is 19.9 Å². The van der Waals surface area contributed by atoms with Crippen molar-refractivity contribution in [2.45, 2.75) is 65.8 Å². The topological polar surface area (TPSA) is 15.6 Å². The maximum absolute atomic E-state index is 4.75. The summed E-state index contributed by atoms with van der Waals surface area (Å²) in [6.07, 6.45) is 4.37. The summed E-state index contributed by atoms with van der Waals surface area (Å²) in [5.41, 5.74) is 7.77. The third-order valence-electron chi connectivity index (χ3n) is 5.67. The summed E-state index contributed by atoms with van der Waals surface area (Å²) < 4.78 is 1.04. The fourth-order valence-corrected chi connectivity index (χ4v) is 4.89. The molecule has 1 heterocycles. The molecule has 27 heavy (non-hydrogen) atoms. The summed E-state index contributed by atoms with van der Waals surface area (Å²) in [6, 6.07) is 11.0. The predicted octanol–water partition coefficient (Wildman–Crippen LogP) is 7.32. The van der Waals surface area contributed by atoms with Gasteiger partial charge in [0.15, 0.2) is 0 Å². The summed E-state index contributed by atoms with van der Waals surface area (Å²) in [4.78, 5) is 7.35. The molecular weight excluding hydrogens is 396 g/mol. The van der Waals surface area contributed by atoms with Gasteiger partial charge in [-0.15, -0.1) is 0 Å². The van der Waals surface area contributed by atoms with Gasteiger partial charge < -0.3 is 4.90 Å². The number of halogens is 1. The second kappa shape index (κ2) is 7.79. The number of anilines is 1. The molecule has 0 aliphatic carbocycles. The Morgan fingerprint density at radius 1 is 1.22 bits per heavy atom. The van der Waals surface area contributed by atoms with Crippen molar-refractivity contribution in [2.75, 3.05) is 11.4 Å². The maximum Gasteiger partial charge on any atom is 0.0772 e. The van der Waals surface area contributed by atoms with Gasteiger partial charge in [0.1, 0.15) is 0 Å². The van der Waals surface area contributed by atoms with E-state index >= 15 is 0 Å². The molecule has 0 radical (unpaired) electrons. The van der Waals surface area contributed by atoms with Crippen LogP contribution in [0.15, 0.2) is 39.8 Å². The lowest BCUT2D eigenvalue weighted by molar-refractivity contribution is 0.376. The van der Waals surface area contributed by atoms with Crippen LogP contribution in [0.5, 0.6) is 0 Å². The van der Waals surface area contributed by atoms with E-state index in [1.807, 2.05) is 6.21 Å². The van der Waals surface area contributed by atoms with Crippen LogP contribution < -0.4 is 4.90 Å². The second-order valence-corrected chi connectivity index (χ2v) is 9.40. The third-order valence-corrected chi connectivity index (χ3v) is 6.30. The molecule has 2 aromatic carbocycles. The molecule has 0 N–H and O–H groups in total. The monoisotopic (exact) mass is 426 g/mol. The van der Waals surface area contributed by atoms with E-state index in [9.17, 15) is 0 Å². The van der Waals surface area contributed by atoms with E-state index in [2.05, 4.69) is 92.7 Å². The minimum Gasteiger partial charge on any atom is -0.366 e. The van der Waals surface area contributed by atoms with Gasteiger partial charge >= 0.3 is 0 Å². The highest BCUT2D eigenvalue weighted by atomic mass is 79.9.